The Bertz CT molecular complexity index is 974. The van der Waals surface area contributed by atoms with E-state index < -0.39 is 6.04 Å². The Balaban J connectivity index is 1.69. The van der Waals surface area contributed by atoms with Crippen LogP contribution in [0.5, 0.6) is 11.5 Å². The molecule has 2 heterocycles. The molecule has 0 bridgehead atoms. The number of halogens is 1. The van der Waals surface area contributed by atoms with E-state index in [0.29, 0.717) is 35.8 Å². The van der Waals surface area contributed by atoms with E-state index in [1.54, 1.807) is 18.3 Å². The Morgan fingerprint density at radius 2 is 1.97 bits per heavy atom. The van der Waals surface area contributed by atoms with Crippen LogP contribution in [0.3, 0.4) is 0 Å². The first-order chi connectivity index (χ1) is 14.1. The van der Waals surface area contributed by atoms with Gasteiger partial charge in [-0.1, -0.05) is 46.3 Å². The lowest BCUT2D eigenvalue weighted by molar-refractivity contribution is -0.119. The van der Waals surface area contributed by atoms with Gasteiger partial charge < -0.3 is 19.7 Å². The van der Waals surface area contributed by atoms with E-state index in [9.17, 15) is 9.59 Å². The first-order valence-corrected chi connectivity index (χ1v) is 10.5. The van der Waals surface area contributed by atoms with Crippen molar-refractivity contribution in [2.75, 3.05) is 24.4 Å². The quantitative estimate of drug-likeness (QED) is 0.525. The van der Waals surface area contributed by atoms with E-state index in [-0.39, 0.29) is 11.8 Å². The fourth-order valence-corrected chi connectivity index (χ4v) is 3.81. The van der Waals surface area contributed by atoms with Crippen molar-refractivity contribution in [1.29, 1.82) is 0 Å². The van der Waals surface area contributed by atoms with Crippen molar-refractivity contribution < 1.29 is 19.1 Å². The highest BCUT2D eigenvalue weighted by atomic mass is 79.9. The second-order valence-electron chi connectivity index (χ2n) is 6.88. The average molecular weight is 457 g/mol. The number of methoxy groups -OCH3 is 1. The number of benzene rings is 2. The molecule has 150 valence electrons. The summed E-state index contributed by atoms with van der Waals surface area (Å²) in [5.74, 6) is 0.518. The van der Waals surface area contributed by atoms with E-state index in [0.717, 1.165) is 22.9 Å². The lowest BCUT2D eigenvalue weighted by Crippen LogP contribution is -2.38. The number of hydrogen-bond donors (Lipinski definition) is 1. The summed E-state index contributed by atoms with van der Waals surface area (Å²) in [5.41, 5.74) is 2.80. The monoisotopic (exact) mass is 456 g/mol. The number of carbonyl (C=O) groups is 2. The SMILES string of the molecule is COc1cc2c(cc1OCCCBr)NC(=O)[C@@H]1CC(c3ccccc3)=CN1C2=O. The number of rotatable bonds is 6. The lowest BCUT2D eigenvalue weighted by Gasteiger charge is -2.18. The number of alkyl halides is 1. The summed E-state index contributed by atoms with van der Waals surface area (Å²) in [5, 5.41) is 3.72. The van der Waals surface area contributed by atoms with Crippen molar-refractivity contribution in [3.63, 3.8) is 0 Å². The molecule has 2 aliphatic heterocycles. The van der Waals surface area contributed by atoms with E-state index >= 15 is 0 Å². The summed E-state index contributed by atoms with van der Waals surface area (Å²) in [4.78, 5) is 27.7. The number of amides is 2. The van der Waals surface area contributed by atoms with Crippen LogP contribution < -0.4 is 14.8 Å². The highest BCUT2D eigenvalue weighted by Gasteiger charge is 2.39. The van der Waals surface area contributed by atoms with Gasteiger partial charge in [-0.2, -0.15) is 0 Å². The van der Waals surface area contributed by atoms with Crippen LogP contribution in [0, 0.1) is 0 Å². The molecule has 0 unspecified atom stereocenters. The predicted octanol–water partition coefficient (Wildman–Crippen LogP) is 4.07. The van der Waals surface area contributed by atoms with Crippen LogP contribution >= 0.6 is 15.9 Å². The maximum Gasteiger partial charge on any atom is 0.260 e. The number of hydrogen-bond acceptors (Lipinski definition) is 4. The topological polar surface area (TPSA) is 67.9 Å². The molecule has 0 fully saturated rings. The smallest absolute Gasteiger partial charge is 0.260 e. The van der Waals surface area contributed by atoms with Gasteiger partial charge in [0.2, 0.25) is 5.91 Å². The van der Waals surface area contributed by atoms with Crippen molar-refractivity contribution in [1.82, 2.24) is 4.90 Å². The summed E-state index contributed by atoms with van der Waals surface area (Å²) >= 11 is 3.37. The molecule has 1 N–H and O–H groups in total. The first kappa shape index (κ1) is 19.5. The molecule has 0 aliphatic carbocycles. The molecule has 1 atom stereocenters. The largest absolute Gasteiger partial charge is 0.493 e. The highest BCUT2D eigenvalue weighted by molar-refractivity contribution is 9.09. The zero-order chi connectivity index (χ0) is 20.4. The normalized spacial score (nSPS) is 17.8. The Hall–Kier alpha value is -2.80. The van der Waals surface area contributed by atoms with Crippen molar-refractivity contribution in [2.24, 2.45) is 0 Å². The van der Waals surface area contributed by atoms with Crippen LogP contribution in [-0.4, -0.2) is 41.8 Å². The minimum atomic E-state index is -0.575. The third-order valence-electron chi connectivity index (χ3n) is 5.05. The van der Waals surface area contributed by atoms with Gasteiger partial charge in [-0.25, -0.2) is 0 Å². The molecule has 0 spiro atoms. The lowest BCUT2D eigenvalue weighted by atomic mass is 10.0. The number of carbonyl (C=O) groups excluding carboxylic acids is 2. The standard InChI is InChI=1S/C22H21BrN2O4/c1-28-19-11-16-17(12-20(19)29-9-5-8-23)24-21(26)18-10-15(13-25(18)22(16)27)14-6-3-2-4-7-14/h2-4,6-7,11-13,18H,5,8-10H2,1H3,(H,24,26)/t18-/m0/s1. The second kappa shape index (κ2) is 8.29. The van der Waals surface area contributed by atoms with Gasteiger partial charge in [-0.05, 0) is 23.6 Å². The maximum atomic E-state index is 13.3. The Labute approximate surface area is 177 Å². The molecule has 2 amide bonds. The first-order valence-electron chi connectivity index (χ1n) is 9.43. The van der Waals surface area contributed by atoms with Crippen LogP contribution in [0.1, 0.15) is 28.8 Å². The Morgan fingerprint density at radius 3 is 2.69 bits per heavy atom. The summed E-state index contributed by atoms with van der Waals surface area (Å²) in [7, 11) is 1.53. The fourth-order valence-electron chi connectivity index (χ4n) is 3.59. The fraction of sp³-hybridized carbons (Fsp3) is 0.273. The van der Waals surface area contributed by atoms with Gasteiger partial charge in [-0.15, -0.1) is 0 Å². The summed E-state index contributed by atoms with van der Waals surface area (Å²) in [6.07, 6.45) is 3.08. The third kappa shape index (κ3) is 3.74. The summed E-state index contributed by atoms with van der Waals surface area (Å²) in [6, 6.07) is 12.5. The van der Waals surface area contributed by atoms with Gasteiger partial charge in [-0.3, -0.25) is 9.59 Å². The van der Waals surface area contributed by atoms with Crippen LogP contribution in [0.2, 0.25) is 0 Å². The van der Waals surface area contributed by atoms with Gasteiger partial charge in [0.05, 0.1) is 25.0 Å². The molecule has 2 aromatic carbocycles. The predicted molar refractivity (Wildman–Crippen MR) is 115 cm³/mol. The van der Waals surface area contributed by atoms with Crippen LogP contribution in [0.4, 0.5) is 5.69 Å². The number of fused-ring (bicyclic) bond motifs is 2. The molecular formula is C22H21BrN2O4. The minimum absolute atomic E-state index is 0.212. The van der Waals surface area contributed by atoms with Crippen LogP contribution in [-0.2, 0) is 4.79 Å². The van der Waals surface area contributed by atoms with Crippen molar-refractivity contribution >= 4 is 39.0 Å². The van der Waals surface area contributed by atoms with E-state index in [1.165, 1.54) is 12.0 Å². The van der Waals surface area contributed by atoms with Crippen molar-refractivity contribution in [2.45, 2.75) is 18.9 Å². The minimum Gasteiger partial charge on any atom is -0.493 e. The van der Waals surface area contributed by atoms with E-state index in [4.69, 9.17) is 9.47 Å². The summed E-state index contributed by atoms with van der Waals surface area (Å²) in [6.45, 7) is 0.500. The maximum absolute atomic E-state index is 13.3. The number of anilines is 1. The highest BCUT2D eigenvalue weighted by Crippen LogP contribution is 2.39. The zero-order valence-corrected chi connectivity index (χ0v) is 17.6. The molecule has 2 aliphatic rings. The molecule has 0 saturated carbocycles. The van der Waals surface area contributed by atoms with Crippen molar-refractivity contribution in [3.05, 3.63) is 59.8 Å². The van der Waals surface area contributed by atoms with Crippen LogP contribution in [0.15, 0.2) is 48.7 Å². The zero-order valence-electron chi connectivity index (χ0n) is 16.0. The third-order valence-corrected chi connectivity index (χ3v) is 5.61. The second-order valence-corrected chi connectivity index (χ2v) is 7.67. The number of nitrogens with one attached hydrogen (secondary N) is 1. The van der Waals surface area contributed by atoms with E-state index in [2.05, 4.69) is 21.2 Å². The van der Waals surface area contributed by atoms with Gasteiger partial charge >= 0.3 is 0 Å². The van der Waals surface area contributed by atoms with Gasteiger partial charge in [0.25, 0.3) is 5.91 Å². The Kier molecular flexibility index (Phi) is 5.58. The van der Waals surface area contributed by atoms with Gasteiger partial charge in [0, 0.05) is 24.0 Å². The molecular weight excluding hydrogens is 436 g/mol. The van der Waals surface area contributed by atoms with Crippen LogP contribution in [0.25, 0.3) is 5.57 Å². The number of nitrogens with zero attached hydrogens (tertiary/aromatic N) is 1. The van der Waals surface area contributed by atoms with Crippen molar-refractivity contribution in [3.8, 4) is 11.5 Å². The Morgan fingerprint density at radius 1 is 1.17 bits per heavy atom. The van der Waals surface area contributed by atoms with Gasteiger partial charge in [0.15, 0.2) is 11.5 Å². The number of ether oxygens (including phenoxy) is 2. The van der Waals surface area contributed by atoms with Gasteiger partial charge in [0.1, 0.15) is 6.04 Å². The molecule has 4 rings (SSSR count). The molecule has 0 aromatic heterocycles. The van der Waals surface area contributed by atoms with E-state index in [1.807, 2.05) is 30.3 Å². The average Bonchev–Trinajstić information content (AvgIpc) is 3.16. The molecule has 0 saturated heterocycles. The molecule has 7 heteroatoms. The molecule has 0 radical (unpaired) electrons. The molecule has 6 nitrogen and oxygen atoms in total. The molecule has 2 aromatic rings. The molecule has 29 heavy (non-hydrogen) atoms. The summed E-state index contributed by atoms with van der Waals surface area (Å²) < 4.78 is 11.2.